The van der Waals surface area contributed by atoms with E-state index in [1.54, 1.807) is 0 Å². The number of nitrogens with two attached hydrogens (primary N) is 1. The molecule has 1 saturated heterocycles. The summed E-state index contributed by atoms with van der Waals surface area (Å²) in [6, 6.07) is -1.10. The Morgan fingerprint density at radius 1 is 0.750 bits per heavy atom. The van der Waals surface area contributed by atoms with Gasteiger partial charge in [0.05, 0.1) is 6.61 Å². The maximum Gasteiger partial charge on any atom is 1.00 e. The summed E-state index contributed by atoms with van der Waals surface area (Å²) in [6.45, 7) is 4.17. The number of aliphatic hydroxyl groups excluding tert-OH is 3. The summed E-state index contributed by atoms with van der Waals surface area (Å²) in [7, 11) is 0. The fraction of sp³-hybridized carbons (Fsp3) is 0.886. The van der Waals surface area contributed by atoms with E-state index in [4.69, 9.17) is 15.2 Å². The molecule has 1 fully saturated rings. The second-order valence-corrected chi connectivity index (χ2v) is 12.6. The van der Waals surface area contributed by atoms with Gasteiger partial charge >= 0.3 is 47.5 Å². The molecular weight excluding hydrogens is 633 g/mol. The summed E-state index contributed by atoms with van der Waals surface area (Å²) >= 11 is 0. The molecule has 1 unspecified atom stereocenters. The van der Waals surface area contributed by atoms with Crippen molar-refractivity contribution in [2.24, 2.45) is 5.73 Å². The molecule has 0 spiro atoms. The average Bonchev–Trinajstić information content (AvgIpc) is 3.38. The Kier molecular flexibility index (Phi) is 33.7. The molecule has 1 rings (SSSR count). The number of carboxylic acids is 1. The van der Waals surface area contributed by atoms with Gasteiger partial charge in [-0.2, -0.15) is 0 Å². The second-order valence-electron chi connectivity index (χ2n) is 12.6. The van der Waals surface area contributed by atoms with Crippen molar-refractivity contribution in [1.29, 1.82) is 0 Å². The Morgan fingerprint density at radius 3 is 1.60 bits per heavy atom. The van der Waals surface area contributed by atoms with Crippen molar-refractivity contribution < 1.29 is 83.4 Å². The SMILES string of the molecule is CCCCCCCCCCCC(=O)OC(=O)C(N)CCC(=O)[O-].CCCCCCCCCCCC(=O)OC[C@@H](O)[C@H]1OC[C@H](O)[C@H]1O.[Na+]. The zero-order valence-corrected chi connectivity index (χ0v) is 32.0. The van der Waals surface area contributed by atoms with Gasteiger partial charge in [-0.25, -0.2) is 4.79 Å². The summed E-state index contributed by atoms with van der Waals surface area (Å²) in [5, 5.41) is 39.1. The van der Waals surface area contributed by atoms with Crippen molar-refractivity contribution in [2.45, 2.75) is 186 Å². The van der Waals surface area contributed by atoms with Crippen LogP contribution in [0.2, 0.25) is 0 Å². The van der Waals surface area contributed by atoms with Gasteiger partial charge in [0.25, 0.3) is 0 Å². The van der Waals surface area contributed by atoms with E-state index in [0.717, 1.165) is 32.1 Å². The quantitative estimate of drug-likeness (QED) is 0.0407. The minimum absolute atomic E-state index is 0. The molecule has 0 aliphatic carbocycles. The molecule has 1 heterocycles. The number of carboxylic acid groups (broad SMARTS) is 1. The first kappa shape index (κ1) is 49.0. The van der Waals surface area contributed by atoms with Crippen molar-refractivity contribution in [3.8, 4) is 0 Å². The van der Waals surface area contributed by atoms with Crippen LogP contribution in [0.1, 0.15) is 155 Å². The fourth-order valence-corrected chi connectivity index (χ4v) is 5.10. The van der Waals surface area contributed by atoms with Gasteiger partial charge in [0.15, 0.2) is 0 Å². The zero-order chi connectivity index (χ0) is 35.3. The van der Waals surface area contributed by atoms with E-state index in [-0.39, 0.29) is 68.0 Å². The third-order valence-corrected chi connectivity index (χ3v) is 8.13. The predicted molar refractivity (Wildman–Crippen MR) is 176 cm³/mol. The van der Waals surface area contributed by atoms with Crippen LogP contribution in [0.3, 0.4) is 0 Å². The standard InChI is InChI=1S/C18H34O6.C17H31NO5.Na/c1-2-3-4-5-6-7-8-9-10-11-16(21)23-13-15(20)18-17(22)14(19)12-24-18;1-2-3-4-5-6-7-8-9-10-11-16(21)23-17(22)14(18)12-13-15(19)20;/h14-15,17-20,22H,2-13H2,1H3;14H,2-13,18H2,1H3,(H,19,20);/q;;+1/p-1/t14-,15+,17+,18+;;/m0../s1. The maximum absolute atomic E-state index is 11.6. The van der Waals surface area contributed by atoms with Gasteiger partial charge in [-0.15, -0.1) is 0 Å². The van der Waals surface area contributed by atoms with Crippen LogP contribution in [0.5, 0.6) is 0 Å². The molecule has 0 aromatic carbocycles. The van der Waals surface area contributed by atoms with Crippen LogP contribution in [-0.2, 0) is 33.4 Å². The van der Waals surface area contributed by atoms with E-state index >= 15 is 0 Å². The topological polar surface area (TPSA) is 206 Å². The number of hydrogen-bond acceptors (Lipinski definition) is 12. The Labute approximate surface area is 310 Å². The number of hydrogen-bond donors (Lipinski definition) is 4. The number of carbonyl (C=O) groups excluding carboxylic acids is 4. The second kappa shape index (κ2) is 33.0. The number of carbonyl (C=O) groups is 4. The molecule has 13 heteroatoms. The minimum Gasteiger partial charge on any atom is -0.550 e. The summed E-state index contributed by atoms with van der Waals surface area (Å²) < 4.78 is 14.7. The summed E-state index contributed by atoms with van der Waals surface area (Å²) in [5.74, 6) is -3.09. The minimum atomic E-state index is -1.28. The van der Waals surface area contributed by atoms with E-state index in [2.05, 4.69) is 18.6 Å². The van der Waals surface area contributed by atoms with Crippen LogP contribution in [0.25, 0.3) is 0 Å². The summed E-state index contributed by atoms with van der Waals surface area (Å²) in [4.78, 5) is 44.8. The zero-order valence-electron chi connectivity index (χ0n) is 30.0. The van der Waals surface area contributed by atoms with Gasteiger partial charge in [-0.05, 0) is 25.7 Å². The molecule has 0 aromatic rings. The molecule has 0 aromatic heterocycles. The third kappa shape index (κ3) is 27.7. The van der Waals surface area contributed by atoms with E-state index in [0.29, 0.717) is 12.8 Å². The average molecular weight is 698 g/mol. The van der Waals surface area contributed by atoms with Crippen LogP contribution in [0.4, 0.5) is 0 Å². The molecule has 0 saturated carbocycles. The molecule has 5 atom stereocenters. The van der Waals surface area contributed by atoms with E-state index < -0.39 is 48.4 Å². The van der Waals surface area contributed by atoms with E-state index in [1.165, 1.54) is 77.0 Å². The molecule has 0 radical (unpaired) electrons. The largest absolute Gasteiger partial charge is 1.00 e. The number of unbranched alkanes of at least 4 members (excludes halogenated alkanes) is 16. The Bertz CT molecular complexity index is 832. The third-order valence-electron chi connectivity index (χ3n) is 8.13. The van der Waals surface area contributed by atoms with Crippen molar-refractivity contribution in [3.63, 3.8) is 0 Å². The molecule has 0 amide bonds. The Morgan fingerprint density at radius 2 is 1.19 bits per heavy atom. The van der Waals surface area contributed by atoms with Crippen LogP contribution in [-0.4, -0.2) is 82.9 Å². The Hall–Kier alpha value is -1.12. The van der Waals surface area contributed by atoms with Crippen LogP contribution in [0.15, 0.2) is 0 Å². The van der Waals surface area contributed by atoms with E-state index in [1.807, 2.05) is 0 Å². The number of rotatable bonds is 27. The molecule has 12 nitrogen and oxygen atoms in total. The number of esters is 3. The van der Waals surface area contributed by atoms with Crippen LogP contribution in [0, 0.1) is 0 Å². The molecule has 0 bridgehead atoms. The van der Waals surface area contributed by atoms with Gasteiger partial charge in [-0.1, -0.05) is 117 Å². The molecule has 1 aliphatic rings. The predicted octanol–water partition coefficient (Wildman–Crippen LogP) is 0.771. The molecule has 276 valence electrons. The Balaban J connectivity index is 0. The first-order valence-electron chi connectivity index (χ1n) is 18.0. The first-order valence-corrected chi connectivity index (χ1v) is 18.0. The van der Waals surface area contributed by atoms with Gasteiger partial charge in [0, 0.05) is 18.8 Å². The fourth-order valence-electron chi connectivity index (χ4n) is 5.10. The van der Waals surface area contributed by atoms with Gasteiger partial charge in [0.2, 0.25) is 0 Å². The molecule has 5 N–H and O–H groups in total. The van der Waals surface area contributed by atoms with Gasteiger partial charge in [0.1, 0.15) is 37.1 Å². The summed E-state index contributed by atoms with van der Waals surface area (Å²) in [6.07, 6.45) is 16.8. The number of ether oxygens (including phenoxy) is 3. The van der Waals surface area contributed by atoms with Crippen LogP contribution < -0.4 is 40.4 Å². The molecule has 1 aliphatic heterocycles. The van der Waals surface area contributed by atoms with Crippen molar-refractivity contribution in [1.82, 2.24) is 0 Å². The summed E-state index contributed by atoms with van der Waals surface area (Å²) in [5.41, 5.74) is 5.44. The van der Waals surface area contributed by atoms with Crippen LogP contribution >= 0.6 is 0 Å². The maximum atomic E-state index is 11.6. The van der Waals surface area contributed by atoms with Crippen molar-refractivity contribution in [3.05, 3.63) is 0 Å². The van der Waals surface area contributed by atoms with Crippen molar-refractivity contribution >= 4 is 23.9 Å². The smallest absolute Gasteiger partial charge is 0.550 e. The van der Waals surface area contributed by atoms with Gasteiger partial charge in [-0.3, -0.25) is 9.59 Å². The van der Waals surface area contributed by atoms with Gasteiger partial charge < -0.3 is 45.2 Å². The normalized spacial score (nSPS) is 18.2. The molecule has 48 heavy (non-hydrogen) atoms. The monoisotopic (exact) mass is 697 g/mol. The molecular formula is C35H64NNaO11. The number of aliphatic hydroxyl groups is 3. The van der Waals surface area contributed by atoms with Crippen molar-refractivity contribution in [2.75, 3.05) is 13.2 Å². The number of aliphatic carboxylic acids is 1. The van der Waals surface area contributed by atoms with E-state index in [9.17, 15) is 39.6 Å². The first-order chi connectivity index (χ1) is 22.5.